The zero-order valence-corrected chi connectivity index (χ0v) is 18.1. The number of sulfonamides is 1. The highest BCUT2D eigenvalue weighted by atomic mass is 32.2. The van der Waals surface area contributed by atoms with Crippen molar-refractivity contribution in [2.24, 2.45) is 4.99 Å². The Balaban J connectivity index is 1.72. The highest BCUT2D eigenvalue weighted by molar-refractivity contribution is 7.89. The zero-order chi connectivity index (χ0) is 21.3. The third-order valence-electron chi connectivity index (χ3n) is 4.35. The monoisotopic (exact) mass is 425 g/mol. The van der Waals surface area contributed by atoms with Crippen LogP contribution in [0.1, 0.15) is 13.8 Å². The molecule has 0 unspecified atom stereocenters. The van der Waals surface area contributed by atoms with Gasteiger partial charge in [0, 0.05) is 64.8 Å². The number of piperazine rings is 1. The van der Waals surface area contributed by atoms with Crippen molar-refractivity contribution < 1.29 is 13.2 Å². The second kappa shape index (κ2) is 11.1. The van der Waals surface area contributed by atoms with E-state index in [4.69, 9.17) is 0 Å². The summed E-state index contributed by atoms with van der Waals surface area (Å²) in [5, 5.41) is 6.08. The van der Waals surface area contributed by atoms with Crippen LogP contribution in [-0.2, 0) is 14.8 Å². The molecule has 29 heavy (non-hydrogen) atoms. The van der Waals surface area contributed by atoms with Crippen LogP contribution in [0.5, 0.6) is 0 Å². The predicted octanol–water partition coefficient (Wildman–Crippen LogP) is -0.922. The standard InChI is InChI=1S/C18H31N7O3S/c1-15(2)23-17(26)14-24-9-11-25(12-10-24)18(19-3)21-7-8-22-29(27,28)16-5-4-6-20-13-16/h4-6,13,15,22H,7-12,14H2,1-3H3,(H,19,21)(H,23,26). The lowest BCUT2D eigenvalue weighted by atomic mass is 10.3. The lowest BCUT2D eigenvalue weighted by Crippen LogP contribution is -2.54. The van der Waals surface area contributed by atoms with Gasteiger partial charge in [-0.25, -0.2) is 13.1 Å². The number of aliphatic imine (C=N–C) groups is 1. The molecule has 1 saturated heterocycles. The number of rotatable bonds is 8. The number of carbonyl (C=O) groups excluding carboxylic acids is 1. The topological polar surface area (TPSA) is 119 Å². The molecule has 1 aromatic rings. The van der Waals surface area contributed by atoms with Crippen molar-refractivity contribution in [2.45, 2.75) is 24.8 Å². The Hall–Kier alpha value is -2.24. The van der Waals surface area contributed by atoms with E-state index < -0.39 is 10.0 Å². The minimum absolute atomic E-state index is 0.0388. The normalized spacial score (nSPS) is 16.1. The van der Waals surface area contributed by atoms with Crippen molar-refractivity contribution in [3.05, 3.63) is 24.5 Å². The van der Waals surface area contributed by atoms with Crippen molar-refractivity contribution in [2.75, 3.05) is 52.9 Å². The summed E-state index contributed by atoms with van der Waals surface area (Å²) in [6.07, 6.45) is 2.84. The van der Waals surface area contributed by atoms with Crippen molar-refractivity contribution in [3.8, 4) is 0 Å². The number of carbonyl (C=O) groups is 1. The molecule has 0 radical (unpaired) electrons. The molecule has 1 fully saturated rings. The Morgan fingerprint density at radius 1 is 1.24 bits per heavy atom. The number of hydrogen-bond donors (Lipinski definition) is 3. The van der Waals surface area contributed by atoms with Crippen LogP contribution < -0.4 is 15.4 Å². The van der Waals surface area contributed by atoms with Gasteiger partial charge in [0.25, 0.3) is 0 Å². The maximum absolute atomic E-state index is 12.2. The van der Waals surface area contributed by atoms with Crippen LogP contribution in [0.15, 0.2) is 34.4 Å². The van der Waals surface area contributed by atoms with Crippen LogP contribution in [0.2, 0.25) is 0 Å². The summed E-state index contributed by atoms with van der Waals surface area (Å²) in [6, 6.07) is 3.23. The first kappa shape index (κ1) is 23.0. The van der Waals surface area contributed by atoms with Gasteiger partial charge in [0.1, 0.15) is 4.90 Å². The van der Waals surface area contributed by atoms with Gasteiger partial charge < -0.3 is 15.5 Å². The number of nitrogens with zero attached hydrogens (tertiary/aromatic N) is 4. The molecule has 1 aliphatic rings. The second-order valence-corrected chi connectivity index (χ2v) is 8.81. The van der Waals surface area contributed by atoms with Gasteiger partial charge in [-0.3, -0.25) is 19.7 Å². The summed E-state index contributed by atoms with van der Waals surface area (Å²) < 4.78 is 26.9. The molecule has 10 nitrogen and oxygen atoms in total. The Morgan fingerprint density at radius 3 is 2.55 bits per heavy atom. The van der Waals surface area contributed by atoms with Gasteiger partial charge in [-0.05, 0) is 26.0 Å². The van der Waals surface area contributed by atoms with Crippen molar-refractivity contribution >= 4 is 21.9 Å². The van der Waals surface area contributed by atoms with Crippen LogP contribution in [0.3, 0.4) is 0 Å². The molecular formula is C18H31N7O3S. The summed E-state index contributed by atoms with van der Waals surface area (Å²) >= 11 is 0. The molecule has 3 N–H and O–H groups in total. The molecule has 1 aliphatic heterocycles. The smallest absolute Gasteiger partial charge is 0.242 e. The number of pyridine rings is 1. The molecular weight excluding hydrogens is 394 g/mol. The summed E-state index contributed by atoms with van der Waals surface area (Å²) in [4.78, 5) is 24.4. The van der Waals surface area contributed by atoms with Crippen LogP contribution >= 0.6 is 0 Å². The largest absolute Gasteiger partial charge is 0.355 e. The van der Waals surface area contributed by atoms with Gasteiger partial charge in [-0.15, -0.1) is 0 Å². The van der Waals surface area contributed by atoms with Crippen LogP contribution in [0.4, 0.5) is 0 Å². The Labute approximate surface area is 172 Å². The van der Waals surface area contributed by atoms with Gasteiger partial charge in [-0.2, -0.15) is 0 Å². The van der Waals surface area contributed by atoms with E-state index in [1.807, 2.05) is 13.8 Å². The fourth-order valence-corrected chi connectivity index (χ4v) is 3.96. The number of guanidine groups is 1. The summed E-state index contributed by atoms with van der Waals surface area (Å²) in [5.74, 6) is 0.758. The summed E-state index contributed by atoms with van der Waals surface area (Å²) in [5.41, 5.74) is 0. The molecule has 0 saturated carbocycles. The van der Waals surface area contributed by atoms with Crippen LogP contribution in [0, 0.1) is 0 Å². The van der Waals surface area contributed by atoms with E-state index in [-0.39, 0.29) is 23.4 Å². The van der Waals surface area contributed by atoms with Crippen LogP contribution in [0.25, 0.3) is 0 Å². The zero-order valence-electron chi connectivity index (χ0n) is 17.3. The highest BCUT2D eigenvalue weighted by Gasteiger charge is 2.21. The van der Waals surface area contributed by atoms with E-state index in [0.717, 1.165) is 32.1 Å². The minimum Gasteiger partial charge on any atom is -0.355 e. The average Bonchev–Trinajstić information content (AvgIpc) is 2.69. The van der Waals surface area contributed by atoms with Gasteiger partial charge in [0.2, 0.25) is 15.9 Å². The molecule has 11 heteroatoms. The van der Waals surface area contributed by atoms with E-state index in [0.29, 0.717) is 13.1 Å². The Kier molecular flexibility index (Phi) is 8.80. The van der Waals surface area contributed by atoms with Gasteiger partial charge in [0.15, 0.2) is 5.96 Å². The fourth-order valence-electron chi connectivity index (χ4n) is 2.97. The van der Waals surface area contributed by atoms with Gasteiger partial charge in [0.05, 0.1) is 6.54 Å². The van der Waals surface area contributed by atoms with Crippen molar-refractivity contribution in [1.82, 2.24) is 30.1 Å². The Morgan fingerprint density at radius 2 is 1.97 bits per heavy atom. The molecule has 0 atom stereocenters. The molecule has 162 valence electrons. The van der Waals surface area contributed by atoms with Crippen molar-refractivity contribution in [1.29, 1.82) is 0 Å². The molecule has 1 aromatic heterocycles. The van der Waals surface area contributed by atoms with Crippen molar-refractivity contribution in [3.63, 3.8) is 0 Å². The van der Waals surface area contributed by atoms with E-state index >= 15 is 0 Å². The summed E-state index contributed by atoms with van der Waals surface area (Å²) in [6.45, 7) is 7.94. The maximum atomic E-state index is 12.2. The third kappa shape index (κ3) is 7.59. The van der Waals surface area contributed by atoms with E-state index in [2.05, 4.69) is 35.1 Å². The molecule has 0 aliphatic carbocycles. The lowest BCUT2D eigenvalue weighted by molar-refractivity contribution is -0.123. The first-order valence-corrected chi connectivity index (χ1v) is 11.2. The SMILES string of the molecule is CN=C(NCCNS(=O)(=O)c1cccnc1)N1CCN(CC(=O)NC(C)C)CC1. The third-order valence-corrected chi connectivity index (χ3v) is 5.79. The molecule has 2 heterocycles. The molecule has 1 amide bonds. The fraction of sp³-hybridized carbons (Fsp3) is 0.611. The Bertz CT molecular complexity index is 776. The average molecular weight is 426 g/mol. The van der Waals surface area contributed by atoms with E-state index in [1.165, 1.54) is 18.5 Å². The lowest BCUT2D eigenvalue weighted by Gasteiger charge is -2.36. The summed E-state index contributed by atoms with van der Waals surface area (Å²) in [7, 11) is -1.87. The van der Waals surface area contributed by atoms with E-state index in [9.17, 15) is 13.2 Å². The predicted molar refractivity (Wildman–Crippen MR) is 112 cm³/mol. The maximum Gasteiger partial charge on any atom is 0.242 e. The number of amides is 1. The first-order chi connectivity index (χ1) is 13.8. The van der Waals surface area contributed by atoms with Crippen LogP contribution in [-0.4, -0.2) is 94.0 Å². The first-order valence-electron chi connectivity index (χ1n) is 9.69. The molecule has 0 spiro atoms. The number of nitrogens with one attached hydrogen (secondary N) is 3. The molecule has 0 aromatic carbocycles. The molecule has 0 bridgehead atoms. The molecule has 2 rings (SSSR count). The number of hydrogen-bond acceptors (Lipinski definition) is 6. The van der Waals surface area contributed by atoms with E-state index in [1.54, 1.807) is 13.1 Å². The highest BCUT2D eigenvalue weighted by Crippen LogP contribution is 2.05. The second-order valence-electron chi connectivity index (χ2n) is 7.05. The van der Waals surface area contributed by atoms with Gasteiger partial charge in [-0.1, -0.05) is 0 Å². The quantitative estimate of drug-likeness (QED) is 0.280. The minimum atomic E-state index is -3.57. The number of aromatic nitrogens is 1. The van der Waals surface area contributed by atoms with Gasteiger partial charge >= 0.3 is 0 Å².